The summed E-state index contributed by atoms with van der Waals surface area (Å²) in [6, 6.07) is 1.81. The molecule has 0 aromatic carbocycles. The average molecular weight is 138 g/mol. The first-order valence-corrected chi connectivity index (χ1v) is 3.04. The van der Waals surface area contributed by atoms with Gasteiger partial charge >= 0.3 is 0 Å². The first-order valence-electron chi connectivity index (χ1n) is 3.04. The van der Waals surface area contributed by atoms with E-state index in [0.717, 1.165) is 11.4 Å². The molecule has 0 atom stereocenters. The Balaban J connectivity index is 2.96. The Morgan fingerprint density at radius 3 is 2.90 bits per heavy atom. The molecule has 0 amide bonds. The molecular formula is C7H10N2O. The molecule has 0 aliphatic carbocycles. The van der Waals surface area contributed by atoms with Gasteiger partial charge in [0.15, 0.2) is 0 Å². The number of methoxy groups -OCH3 is 1. The zero-order valence-corrected chi connectivity index (χ0v) is 6.09. The maximum absolute atomic E-state index is 5.03. The van der Waals surface area contributed by atoms with E-state index in [2.05, 4.69) is 10.3 Å². The molecular weight excluding hydrogens is 128 g/mol. The van der Waals surface area contributed by atoms with Crippen molar-refractivity contribution in [3.8, 4) is 5.75 Å². The van der Waals surface area contributed by atoms with Crippen LogP contribution in [0.1, 0.15) is 0 Å². The Morgan fingerprint density at radius 2 is 2.40 bits per heavy atom. The van der Waals surface area contributed by atoms with Gasteiger partial charge in [-0.05, 0) is 0 Å². The summed E-state index contributed by atoms with van der Waals surface area (Å²) in [6.45, 7) is 0. The van der Waals surface area contributed by atoms with E-state index in [-0.39, 0.29) is 0 Å². The lowest BCUT2D eigenvalue weighted by Crippen LogP contribution is -1.93. The van der Waals surface area contributed by atoms with Gasteiger partial charge < -0.3 is 10.1 Å². The minimum absolute atomic E-state index is 0.817. The summed E-state index contributed by atoms with van der Waals surface area (Å²) in [5.41, 5.74) is 0.907. The third kappa shape index (κ3) is 1.18. The lowest BCUT2D eigenvalue weighted by Gasteiger charge is -2.04. The number of pyridine rings is 1. The summed E-state index contributed by atoms with van der Waals surface area (Å²) >= 11 is 0. The minimum Gasteiger partial charge on any atom is -0.494 e. The zero-order valence-electron chi connectivity index (χ0n) is 6.09. The van der Waals surface area contributed by atoms with Gasteiger partial charge in [-0.2, -0.15) is 0 Å². The van der Waals surface area contributed by atoms with Gasteiger partial charge in [0, 0.05) is 19.3 Å². The predicted molar refractivity (Wildman–Crippen MR) is 40.3 cm³/mol. The van der Waals surface area contributed by atoms with Crippen LogP contribution in [-0.4, -0.2) is 19.1 Å². The van der Waals surface area contributed by atoms with Crippen LogP contribution in [0.5, 0.6) is 5.75 Å². The van der Waals surface area contributed by atoms with Gasteiger partial charge in [0.1, 0.15) is 5.75 Å². The Bertz CT molecular complexity index is 190. The van der Waals surface area contributed by atoms with Gasteiger partial charge in [0.05, 0.1) is 19.0 Å². The molecule has 0 aliphatic rings. The standard InChI is InChI=1S/C7H10N2O/c1-8-6-5-9-4-3-7(6)10-2/h3-5,8H,1-2H3. The van der Waals surface area contributed by atoms with Gasteiger partial charge in [0.25, 0.3) is 0 Å². The molecule has 3 nitrogen and oxygen atoms in total. The van der Waals surface area contributed by atoms with Gasteiger partial charge in [-0.25, -0.2) is 0 Å². The van der Waals surface area contributed by atoms with Crippen LogP contribution in [0.3, 0.4) is 0 Å². The van der Waals surface area contributed by atoms with Gasteiger partial charge in [-0.15, -0.1) is 0 Å². The fourth-order valence-corrected chi connectivity index (χ4v) is 0.747. The van der Waals surface area contributed by atoms with Gasteiger partial charge in [-0.3, -0.25) is 4.98 Å². The van der Waals surface area contributed by atoms with Crippen molar-refractivity contribution in [3.63, 3.8) is 0 Å². The van der Waals surface area contributed by atoms with Crippen LogP contribution in [0.25, 0.3) is 0 Å². The van der Waals surface area contributed by atoms with E-state index in [4.69, 9.17) is 4.74 Å². The third-order valence-corrected chi connectivity index (χ3v) is 1.27. The minimum atomic E-state index is 0.817. The van der Waals surface area contributed by atoms with Crippen LogP contribution in [0.4, 0.5) is 5.69 Å². The summed E-state index contributed by atoms with van der Waals surface area (Å²) in [5, 5.41) is 2.96. The van der Waals surface area contributed by atoms with Crippen molar-refractivity contribution in [1.29, 1.82) is 0 Å². The van der Waals surface area contributed by atoms with Crippen LogP contribution in [-0.2, 0) is 0 Å². The van der Waals surface area contributed by atoms with E-state index in [0.29, 0.717) is 0 Å². The highest BCUT2D eigenvalue weighted by Crippen LogP contribution is 2.20. The predicted octanol–water partition coefficient (Wildman–Crippen LogP) is 1.13. The SMILES string of the molecule is CNc1cnccc1OC. The molecule has 0 fully saturated rings. The second-order valence-electron chi connectivity index (χ2n) is 1.83. The van der Waals surface area contributed by atoms with Crippen LogP contribution in [0.2, 0.25) is 0 Å². The number of ether oxygens (including phenoxy) is 1. The maximum Gasteiger partial charge on any atom is 0.145 e. The lowest BCUT2D eigenvalue weighted by atomic mass is 10.4. The van der Waals surface area contributed by atoms with E-state index in [1.54, 1.807) is 19.5 Å². The first kappa shape index (κ1) is 6.86. The lowest BCUT2D eigenvalue weighted by molar-refractivity contribution is 0.416. The number of aromatic nitrogens is 1. The molecule has 0 saturated carbocycles. The van der Waals surface area contributed by atoms with E-state index >= 15 is 0 Å². The molecule has 0 radical (unpaired) electrons. The van der Waals surface area contributed by atoms with Crippen molar-refractivity contribution in [1.82, 2.24) is 4.98 Å². The summed E-state index contributed by atoms with van der Waals surface area (Å²) in [6.07, 6.45) is 3.42. The van der Waals surface area contributed by atoms with E-state index in [9.17, 15) is 0 Å². The summed E-state index contributed by atoms with van der Waals surface area (Å²) in [4.78, 5) is 3.92. The van der Waals surface area contributed by atoms with Crippen molar-refractivity contribution >= 4 is 5.69 Å². The fraction of sp³-hybridized carbons (Fsp3) is 0.286. The molecule has 0 saturated heterocycles. The summed E-state index contributed by atoms with van der Waals surface area (Å²) in [5.74, 6) is 0.817. The van der Waals surface area contributed by atoms with Crippen molar-refractivity contribution in [2.75, 3.05) is 19.5 Å². The van der Waals surface area contributed by atoms with E-state index in [1.807, 2.05) is 13.1 Å². The molecule has 1 aromatic rings. The first-order chi connectivity index (χ1) is 4.88. The quantitative estimate of drug-likeness (QED) is 0.665. The summed E-state index contributed by atoms with van der Waals surface area (Å²) in [7, 11) is 3.47. The molecule has 0 unspecified atom stereocenters. The third-order valence-electron chi connectivity index (χ3n) is 1.27. The smallest absolute Gasteiger partial charge is 0.145 e. The normalized spacial score (nSPS) is 9.00. The maximum atomic E-state index is 5.03. The average Bonchev–Trinajstić information content (AvgIpc) is 2.04. The molecule has 1 aromatic heterocycles. The van der Waals surface area contributed by atoms with Crippen LogP contribution >= 0.6 is 0 Å². The van der Waals surface area contributed by atoms with Crippen molar-refractivity contribution in [2.24, 2.45) is 0 Å². The topological polar surface area (TPSA) is 34.2 Å². The van der Waals surface area contributed by atoms with Crippen LogP contribution < -0.4 is 10.1 Å². The molecule has 54 valence electrons. The van der Waals surface area contributed by atoms with Crippen molar-refractivity contribution < 1.29 is 4.74 Å². The molecule has 0 aliphatic heterocycles. The van der Waals surface area contributed by atoms with Gasteiger partial charge in [0.2, 0.25) is 0 Å². The number of nitrogens with one attached hydrogen (secondary N) is 1. The Kier molecular flexibility index (Phi) is 2.10. The highest BCUT2D eigenvalue weighted by molar-refractivity contribution is 5.53. The van der Waals surface area contributed by atoms with Crippen LogP contribution in [0, 0.1) is 0 Å². The second-order valence-corrected chi connectivity index (χ2v) is 1.83. The molecule has 1 heterocycles. The van der Waals surface area contributed by atoms with E-state index < -0.39 is 0 Å². The largest absolute Gasteiger partial charge is 0.494 e. The van der Waals surface area contributed by atoms with Gasteiger partial charge in [-0.1, -0.05) is 0 Å². The Labute approximate surface area is 60.0 Å². The molecule has 1 rings (SSSR count). The molecule has 0 spiro atoms. The second kappa shape index (κ2) is 3.06. The highest BCUT2D eigenvalue weighted by Gasteiger charge is 1.96. The molecule has 0 bridgehead atoms. The van der Waals surface area contributed by atoms with Crippen molar-refractivity contribution in [2.45, 2.75) is 0 Å². The molecule has 3 heteroatoms. The number of rotatable bonds is 2. The molecule has 1 N–H and O–H groups in total. The van der Waals surface area contributed by atoms with E-state index in [1.165, 1.54) is 0 Å². The fourth-order valence-electron chi connectivity index (χ4n) is 0.747. The number of hydrogen-bond acceptors (Lipinski definition) is 3. The summed E-state index contributed by atoms with van der Waals surface area (Å²) < 4.78 is 5.03. The van der Waals surface area contributed by atoms with Crippen molar-refractivity contribution in [3.05, 3.63) is 18.5 Å². The Morgan fingerprint density at radius 1 is 1.60 bits per heavy atom. The number of nitrogens with zero attached hydrogens (tertiary/aromatic N) is 1. The molecule has 10 heavy (non-hydrogen) atoms. The van der Waals surface area contributed by atoms with Crippen LogP contribution in [0.15, 0.2) is 18.5 Å². The Hall–Kier alpha value is -1.25. The number of anilines is 1. The zero-order chi connectivity index (χ0) is 7.40. The highest BCUT2D eigenvalue weighted by atomic mass is 16.5. The number of hydrogen-bond donors (Lipinski definition) is 1. The monoisotopic (exact) mass is 138 g/mol.